The van der Waals surface area contributed by atoms with Gasteiger partial charge in [-0.3, -0.25) is 0 Å². The van der Waals surface area contributed by atoms with E-state index in [-0.39, 0.29) is 0 Å². The standard InChI is InChI=1S/C8H11N3OS/c1-13-6-7-10-8(12-11-7)4-2-3-5-9/h2-4,6H2,1H3. The number of aromatic nitrogens is 2. The van der Waals surface area contributed by atoms with E-state index in [0.29, 0.717) is 18.7 Å². The molecule has 13 heavy (non-hydrogen) atoms. The normalized spacial score (nSPS) is 9.85. The molecule has 1 heterocycles. The molecule has 1 rings (SSSR count). The number of thioether (sulfide) groups is 1. The summed E-state index contributed by atoms with van der Waals surface area (Å²) in [6, 6.07) is 2.08. The van der Waals surface area contributed by atoms with Crippen LogP contribution in [0.3, 0.4) is 0 Å². The fourth-order valence-corrected chi connectivity index (χ4v) is 1.27. The van der Waals surface area contributed by atoms with Crippen molar-refractivity contribution in [3.63, 3.8) is 0 Å². The highest BCUT2D eigenvalue weighted by Crippen LogP contribution is 2.07. The van der Waals surface area contributed by atoms with Crippen LogP contribution in [0.5, 0.6) is 0 Å². The van der Waals surface area contributed by atoms with Gasteiger partial charge < -0.3 is 4.52 Å². The molecule has 4 nitrogen and oxygen atoms in total. The molecule has 0 aliphatic rings. The number of hydrogen-bond acceptors (Lipinski definition) is 5. The highest BCUT2D eigenvalue weighted by molar-refractivity contribution is 7.97. The fraction of sp³-hybridized carbons (Fsp3) is 0.625. The molecule has 0 saturated heterocycles. The van der Waals surface area contributed by atoms with Crippen molar-refractivity contribution in [3.8, 4) is 6.07 Å². The molecule has 1 aromatic heterocycles. The second-order valence-corrected chi connectivity index (χ2v) is 3.42. The first-order chi connectivity index (χ1) is 6.36. The van der Waals surface area contributed by atoms with Gasteiger partial charge in [0.1, 0.15) is 0 Å². The van der Waals surface area contributed by atoms with E-state index in [1.165, 1.54) is 0 Å². The molecule has 0 spiro atoms. The van der Waals surface area contributed by atoms with Crippen molar-refractivity contribution in [2.75, 3.05) is 6.26 Å². The summed E-state index contributed by atoms with van der Waals surface area (Å²) in [4.78, 5) is 4.16. The average molecular weight is 197 g/mol. The fourth-order valence-electron chi connectivity index (χ4n) is 0.898. The van der Waals surface area contributed by atoms with Gasteiger partial charge in [-0.05, 0) is 12.7 Å². The highest BCUT2D eigenvalue weighted by atomic mass is 32.2. The molecule has 0 aliphatic heterocycles. The van der Waals surface area contributed by atoms with Crippen LogP contribution in [-0.2, 0) is 12.2 Å². The number of nitrogens with zero attached hydrogens (tertiary/aromatic N) is 3. The lowest BCUT2D eigenvalue weighted by molar-refractivity contribution is 0.372. The average Bonchev–Trinajstić information content (AvgIpc) is 2.54. The minimum atomic E-state index is 0.542. The largest absolute Gasteiger partial charge is 0.339 e. The maximum absolute atomic E-state index is 8.31. The maximum Gasteiger partial charge on any atom is 0.226 e. The Kier molecular flexibility index (Phi) is 4.33. The number of rotatable bonds is 5. The minimum Gasteiger partial charge on any atom is -0.339 e. The Morgan fingerprint density at radius 2 is 2.46 bits per heavy atom. The second-order valence-electron chi connectivity index (χ2n) is 2.55. The zero-order valence-electron chi connectivity index (χ0n) is 7.49. The number of hydrogen-bond donors (Lipinski definition) is 0. The molecule has 70 valence electrons. The van der Waals surface area contributed by atoms with E-state index in [4.69, 9.17) is 9.78 Å². The summed E-state index contributed by atoms with van der Waals surface area (Å²) >= 11 is 1.66. The Balaban J connectivity index is 2.36. The maximum atomic E-state index is 8.31. The monoisotopic (exact) mass is 197 g/mol. The zero-order valence-corrected chi connectivity index (χ0v) is 8.30. The number of nitriles is 1. The summed E-state index contributed by atoms with van der Waals surface area (Å²) in [5.41, 5.74) is 0. The van der Waals surface area contributed by atoms with Crippen molar-refractivity contribution >= 4 is 11.8 Å². The van der Waals surface area contributed by atoms with E-state index in [9.17, 15) is 0 Å². The summed E-state index contributed by atoms with van der Waals surface area (Å²) in [7, 11) is 0. The lowest BCUT2D eigenvalue weighted by Crippen LogP contribution is -1.86. The van der Waals surface area contributed by atoms with Crippen molar-refractivity contribution in [2.45, 2.75) is 25.0 Å². The first-order valence-electron chi connectivity index (χ1n) is 4.04. The van der Waals surface area contributed by atoms with Gasteiger partial charge >= 0.3 is 0 Å². The summed E-state index contributed by atoms with van der Waals surface area (Å²) < 4.78 is 4.98. The van der Waals surface area contributed by atoms with Crippen LogP contribution >= 0.6 is 11.8 Å². The van der Waals surface area contributed by atoms with Gasteiger partial charge in [0.15, 0.2) is 5.82 Å². The number of unbranched alkanes of at least 4 members (excludes halogenated alkanes) is 1. The van der Waals surface area contributed by atoms with Gasteiger partial charge in [0.05, 0.1) is 11.8 Å². The lowest BCUT2D eigenvalue weighted by Gasteiger charge is -1.87. The molecule has 0 amide bonds. The number of aryl methyl sites for hydroxylation is 1. The molecule has 0 bridgehead atoms. The third-order valence-electron chi connectivity index (χ3n) is 1.46. The molecule has 0 unspecified atom stereocenters. The molecule has 0 aliphatic carbocycles. The van der Waals surface area contributed by atoms with Crippen LogP contribution in [0.1, 0.15) is 24.6 Å². The van der Waals surface area contributed by atoms with Gasteiger partial charge in [0, 0.05) is 12.8 Å². The van der Waals surface area contributed by atoms with Crippen LogP contribution in [0.25, 0.3) is 0 Å². The molecule has 0 radical (unpaired) electrons. The molecule has 0 atom stereocenters. The zero-order chi connectivity index (χ0) is 9.52. The topological polar surface area (TPSA) is 62.7 Å². The minimum absolute atomic E-state index is 0.542. The Morgan fingerprint density at radius 3 is 3.15 bits per heavy atom. The molecule has 5 heteroatoms. The lowest BCUT2D eigenvalue weighted by atomic mass is 10.2. The van der Waals surface area contributed by atoms with Gasteiger partial charge in [-0.15, -0.1) is 0 Å². The molecule has 1 aromatic rings. The van der Waals surface area contributed by atoms with Crippen molar-refractivity contribution < 1.29 is 4.52 Å². The SMILES string of the molecule is CSCc1noc(CCCC#N)n1. The predicted molar refractivity (Wildman–Crippen MR) is 50.1 cm³/mol. The Hall–Kier alpha value is -1.02. The summed E-state index contributed by atoms with van der Waals surface area (Å²) in [5.74, 6) is 2.15. The van der Waals surface area contributed by atoms with Gasteiger partial charge in [-0.1, -0.05) is 5.16 Å². The summed E-state index contributed by atoms with van der Waals surface area (Å²) in [6.45, 7) is 0. The molecule has 0 saturated carbocycles. The van der Waals surface area contributed by atoms with Gasteiger partial charge in [0.2, 0.25) is 5.89 Å². The van der Waals surface area contributed by atoms with Crippen LogP contribution in [0.2, 0.25) is 0 Å². The first-order valence-corrected chi connectivity index (χ1v) is 5.43. The van der Waals surface area contributed by atoms with E-state index in [1.807, 2.05) is 6.26 Å². The smallest absolute Gasteiger partial charge is 0.226 e. The molecule has 0 N–H and O–H groups in total. The summed E-state index contributed by atoms with van der Waals surface area (Å²) in [5, 5.41) is 12.1. The summed E-state index contributed by atoms with van der Waals surface area (Å²) in [6.07, 6.45) is 4.03. The second kappa shape index (κ2) is 5.60. The van der Waals surface area contributed by atoms with Gasteiger partial charge in [0.25, 0.3) is 0 Å². The van der Waals surface area contributed by atoms with Gasteiger partial charge in [-0.25, -0.2) is 0 Å². The molecule has 0 fully saturated rings. The van der Waals surface area contributed by atoms with Gasteiger partial charge in [-0.2, -0.15) is 22.0 Å². The van der Waals surface area contributed by atoms with E-state index in [2.05, 4.69) is 16.2 Å². The first kappa shape index (κ1) is 10.1. The van der Waals surface area contributed by atoms with Crippen molar-refractivity contribution in [3.05, 3.63) is 11.7 Å². The molecular weight excluding hydrogens is 186 g/mol. The van der Waals surface area contributed by atoms with Crippen molar-refractivity contribution in [1.29, 1.82) is 5.26 Å². The Labute approximate surface area is 81.3 Å². The van der Waals surface area contributed by atoms with E-state index in [0.717, 1.165) is 18.0 Å². The van der Waals surface area contributed by atoms with Crippen LogP contribution in [0.15, 0.2) is 4.52 Å². The molecular formula is C8H11N3OS. The van der Waals surface area contributed by atoms with E-state index >= 15 is 0 Å². The van der Waals surface area contributed by atoms with Crippen LogP contribution in [0.4, 0.5) is 0 Å². The van der Waals surface area contributed by atoms with E-state index < -0.39 is 0 Å². The Bertz CT molecular complexity index is 292. The van der Waals surface area contributed by atoms with E-state index in [1.54, 1.807) is 11.8 Å². The van der Waals surface area contributed by atoms with Crippen molar-refractivity contribution in [2.24, 2.45) is 0 Å². The van der Waals surface area contributed by atoms with Crippen LogP contribution in [0, 0.1) is 11.3 Å². The highest BCUT2D eigenvalue weighted by Gasteiger charge is 2.04. The third kappa shape index (κ3) is 3.47. The molecule has 0 aromatic carbocycles. The van der Waals surface area contributed by atoms with Crippen LogP contribution < -0.4 is 0 Å². The van der Waals surface area contributed by atoms with Crippen molar-refractivity contribution in [1.82, 2.24) is 10.1 Å². The third-order valence-corrected chi connectivity index (χ3v) is 2.01. The predicted octanol–water partition coefficient (Wildman–Crippen LogP) is 1.78. The quantitative estimate of drug-likeness (QED) is 0.673. The Morgan fingerprint density at radius 1 is 1.62 bits per heavy atom. The van der Waals surface area contributed by atoms with Crippen LogP contribution in [-0.4, -0.2) is 16.4 Å².